The third-order valence-corrected chi connectivity index (χ3v) is 3.16. The van der Waals surface area contributed by atoms with E-state index in [2.05, 4.69) is 26.8 Å². The number of carboxylic acid groups (broad SMARTS) is 1. The molecule has 0 aromatic rings. The monoisotopic (exact) mass is 182 g/mol. The normalized spacial score (nSPS) is 26.7. The van der Waals surface area contributed by atoms with Crippen molar-refractivity contribution >= 4 is 5.97 Å². The molecule has 0 radical (unpaired) electrons. The highest BCUT2D eigenvalue weighted by Crippen LogP contribution is 2.40. The first kappa shape index (κ1) is 10.3. The molecule has 1 N–H and O–H groups in total. The van der Waals surface area contributed by atoms with Crippen LogP contribution in [0.3, 0.4) is 0 Å². The summed E-state index contributed by atoms with van der Waals surface area (Å²) in [6.07, 6.45) is 4.27. The Morgan fingerprint density at radius 3 is 2.77 bits per heavy atom. The molecule has 0 amide bonds. The van der Waals surface area contributed by atoms with Gasteiger partial charge in [-0.3, -0.25) is 4.79 Å². The zero-order valence-electron chi connectivity index (χ0n) is 8.63. The Kier molecular flexibility index (Phi) is 2.79. The molecule has 1 aliphatic rings. The molecule has 0 aromatic carbocycles. The molecule has 0 spiro atoms. The van der Waals surface area contributed by atoms with Crippen LogP contribution in [0.25, 0.3) is 0 Å². The molecule has 1 unspecified atom stereocenters. The summed E-state index contributed by atoms with van der Waals surface area (Å²) in [5, 5.41) is 8.66. The second-order valence-corrected chi connectivity index (χ2v) is 4.73. The minimum Gasteiger partial charge on any atom is -0.481 e. The van der Waals surface area contributed by atoms with E-state index < -0.39 is 5.97 Å². The summed E-state index contributed by atoms with van der Waals surface area (Å²) in [6.45, 7) is 6.66. The van der Waals surface area contributed by atoms with Gasteiger partial charge < -0.3 is 5.11 Å². The Hall–Kier alpha value is -0.790. The van der Waals surface area contributed by atoms with E-state index in [1.165, 1.54) is 0 Å². The molecule has 0 saturated carbocycles. The Bertz CT molecular complexity index is 238. The molecule has 74 valence electrons. The van der Waals surface area contributed by atoms with Gasteiger partial charge in [-0.2, -0.15) is 0 Å². The van der Waals surface area contributed by atoms with E-state index in [0.717, 1.165) is 18.4 Å². The zero-order chi connectivity index (χ0) is 10.1. The first-order valence-electron chi connectivity index (χ1n) is 4.81. The fourth-order valence-electron chi connectivity index (χ4n) is 1.82. The molecule has 1 aliphatic carbocycles. The van der Waals surface area contributed by atoms with Gasteiger partial charge in [-0.15, -0.1) is 0 Å². The summed E-state index contributed by atoms with van der Waals surface area (Å²) in [5.74, 6) is -0.0540. The van der Waals surface area contributed by atoms with Gasteiger partial charge in [0.15, 0.2) is 0 Å². The summed E-state index contributed by atoms with van der Waals surface area (Å²) in [6, 6.07) is 0. The smallest absolute Gasteiger partial charge is 0.307 e. The number of hydrogen-bond acceptors (Lipinski definition) is 1. The van der Waals surface area contributed by atoms with E-state index in [1.54, 1.807) is 0 Å². The van der Waals surface area contributed by atoms with Crippen LogP contribution in [-0.4, -0.2) is 11.1 Å². The van der Waals surface area contributed by atoms with Gasteiger partial charge in [-0.25, -0.2) is 0 Å². The van der Waals surface area contributed by atoms with Gasteiger partial charge in [0.1, 0.15) is 0 Å². The number of carboxylic acids is 1. The quantitative estimate of drug-likeness (QED) is 0.667. The van der Waals surface area contributed by atoms with Crippen molar-refractivity contribution in [3.05, 3.63) is 11.6 Å². The van der Waals surface area contributed by atoms with Crippen molar-refractivity contribution < 1.29 is 9.90 Å². The van der Waals surface area contributed by atoms with Gasteiger partial charge in [0.2, 0.25) is 0 Å². The Morgan fingerprint density at radius 1 is 1.69 bits per heavy atom. The van der Waals surface area contributed by atoms with E-state index in [0.29, 0.717) is 5.92 Å². The van der Waals surface area contributed by atoms with Gasteiger partial charge in [0, 0.05) is 0 Å². The number of carbonyl (C=O) groups is 1. The lowest BCUT2D eigenvalue weighted by atomic mass is 9.69. The van der Waals surface area contributed by atoms with E-state index in [9.17, 15) is 4.79 Å². The lowest BCUT2D eigenvalue weighted by Gasteiger charge is -2.36. The molecule has 0 aliphatic heterocycles. The summed E-state index contributed by atoms with van der Waals surface area (Å²) >= 11 is 0. The van der Waals surface area contributed by atoms with E-state index in [-0.39, 0.29) is 11.8 Å². The fraction of sp³-hybridized carbons (Fsp3) is 0.727. The summed E-state index contributed by atoms with van der Waals surface area (Å²) in [5.41, 5.74) is 1.36. The molecule has 13 heavy (non-hydrogen) atoms. The zero-order valence-corrected chi connectivity index (χ0v) is 8.63. The predicted octanol–water partition coefficient (Wildman–Crippen LogP) is 2.84. The van der Waals surface area contributed by atoms with Crippen LogP contribution in [0.1, 0.15) is 40.0 Å². The van der Waals surface area contributed by atoms with Crippen LogP contribution in [0, 0.1) is 11.3 Å². The maximum atomic E-state index is 10.5. The second kappa shape index (κ2) is 3.52. The van der Waals surface area contributed by atoms with E-state index in [1.807, 2.05) is 0 Å². The first-order chi connectivity index (χ1) is 5.92. The fourth-order valence-corrected chi connectivity index (χ4v) is 1.82. The van der Waals surface area contributed by atoms with Crippen LogP contribution in [-0.2, 0) is 4.79 Å². The molecule has 2 heteroatoms. The highest BCUT2D eigenvalue weighted by atomic mass is 16.4. The molecule has 0 aromatic heterocycles. The number of aliphatic carboxylic acids is 1. The van der Waals surface area contributed by atoms with Crippen molar-refractivity contribution in [2.24, 2.45) is 11.3 Å². The van der Waals surface area contributed by atoms with Crippen LogP contribution in [0.5, 0.6) is 0 Å². The summed E-state index contributed by atoms with van der Waals surface area (Å²) < 4.78 is 0. The van der Waals surface area contributed by atoms with Gasteiger partial charge in [0.05, 0.1) is 6.42 Å². The third kappa shape index (κ3) is 2.58. The highest BCUT2D eigenvalue weighted by molar-refractivity contribution is 5.70. The topological polar surface area (TPSA) is 37.3 Å². The van der Waals surface area contributed by atoms with Crippen LogP contribution in [0.4, 0.5) is 0 Å². The van der Waals surface area contributed by atoms with Crippen LogP contribution >= 0.6 is 0 Å². The maximum Gasteiger partial charge on any atom is 0.307 e. The molecule has 0 saturated heterocycles. The highest BCUT2D eigenvalue weighted by Gasteiger charge is 2.29. The minimum atomic E-state index is -0.711. The van der Waals surface area contributed by atoms with Crippen molar-refractivity contribution in [2.75, 3.05) is 0 Å². The average Bonchev–Trinajstić information content (AvgIpc) is 1.95. The minimum absolute atomic E-state index is 0.218. The lowest BCUT2D eigenvalue weighted by molar-refractivity contribution is -0.136. The maximum absolute atomic E-state index is 10.5. The van der Waals surface area contributed by atoms with Crippen LogP contribution < -0.4 is 0 Å². The number of rotatable bonds is 2. The average molecular weight is 182 g/mol. The van der Waals surface area contributed by atoms with Crippen molar-refractivity contribution in [1.82, 2.24) is 0 Å². The van der Waals surface area contributed by atoms with Gasteiger partial charge in [-0.1, -0.05) is 32.4 Å². The molecule has 0 heterocycles. The largest absolute Gasteiger partial charge is 0.481 e. The van der Waals surface area contributed by atoms with Crippen molar-refractivity contribution in [2.45, 2.75) is 40.0 Å². The van der Waals surface area contributed by atoms with Gasteiger partial charge in [-0.05, 0) is 24.2 Å². The van der Waals surface area contributed by atoms with Gasteiger partial charge >= 0.3 is 5.97 Å². The van der Waals surface area contributed by atoms with Crippen molar-refractivity contribution in [3.63, 3.8) is 0 Å². The predicted molar refractivity (Wildman–Crippen MR) is 52.5 cm³/mol. The van der Waals surface area contributed by atoms with E-state index in [4.69, 9.17) is 5.11 Å². The molecule has 0 bridgehead atoms. The Balaban J connectivity index is 2.66. The SMILES string of the molecule is CC1CC=C(CC(=O)O)CC1(C)C. The summed E-state index contributed by atoms with van der Waals surface area (Å²) in [4.78, 5) is 10.5. The number of hydrogen-bond donors (Lipinski definition) is 1. The van der Waals surface area contributed by atoms with Crippen molar-refractivity contribution in [1.29, 1.82) is 0 Å². The second-order valence-electron chi connectivity index (χ2n) is 4.73. The molecular weight excluding hydrogens is 164 g/mol. The van der Waals surface area contributed by atoms with Crippen LogP contribution in [0.15, 0.2) is 11.6 Å². The first-order valence-corrected chi connectivity index (χ1v) is 4.81. The Labute approximate surface area is 79.6 Å². The lowest BCUT2D eigenvalue weighted by Crippen LogP contribution is -2.25. The standard InChI is InChI=1S/C11H18O2/c1-8-4-5-9(6-10(12)13)7-11(8,2)3/h5,8H,4,6-7H2,1-3H3,(H,12,13). The molecule has 0 fully saturated rings. The van der Waals surface area contributed by atoms with Crippen molar-refractivity contribution in [3.8, 4) is 0 Å². The molecular formula is C11H18O2. The van der Waals surface area contributed by atoms with E-state index >= 15 is 0 Å². The number of allylic oxidation sites excluding steroid dienone is 1. The summed E-state index contributed by atoms with van der Waals surface area (Å²) in [7, 11) is 0. The molecule has 1 rings (SSSR count). The third-order valence-electron chi connectivity index (χ3n) is 3.16. The molecule has 1 atom stereocenters. The molecule has 2 nitrogen and oxygen atoms in total. The Morgan fingerprint density at radius 2 is 2.31 bits per heavy atom. The van der Waals surface area contributed by atoms with Gasteiger partial charge in [0.25, 0.3) is 0 Å². The van der Waals surface area contributed by atoms with Crippen LogP contribution in [0.2, 0.25) is 0 Å².